The zero-order chi connectivity index (χ0) is 15.6. The number of carbonyl (C=O) groups excluding carboxylic acids is 2. The van der Waals surface area contributed by atoms with Gasteiger partial charge in [-0.15, -0.1) is 0 Å². The third kappa shape index (κ3) is 3.81. The number of rotatable bonds is 5. The van der Waals surface area contributed by atoms with Crippen molar-refractivity contribution < 1.29 is 19.5 Å². The number of benzene rings is 1. The Kier molecular flexibility index (Phi) is 4.26. The van der Waals surface area contributed by atoms with Crippen molar-refractivity contribution in [3.63, 3.8) is 0 Å². The average molecular weight is 290 g/mol. The summed E-state index contributed by atoms with van der Waals surface area (Å²) >= 11 is 0. The number of hydrogen-bond acceptors (Lipinski definition) is 3. The molecule has 2 amide bonds. The Morgan fingerprint density at radius 3 is 2.24 bits per heavy atom. The number of carboxylic acids is 1. The fraction of sp³-hybridized carbons (Fsp3) is 0.400. The number of anilines is 1. The first-order valence-corrected chi connectivity index (χ1v) is 6.83. The number of amides is 2. The third-order valence-electron chi connectivity index (χ3n) is 3.28. The zero-order valence-electron chi connectivity index (χ0n) is 11.9. The fourth-order valence-electron chi connectivity index (χ4n) is 2.04. The molecule has 1 aliphatic carbocycles. The summed E-state index contributed by atoms with van der Waals surface area (Å²) in [6, 6.07) is 6.56. The summed E-state index contributed by atoms with van der Waals surface area (Å²) in [5.41, 5.74) is 1.06. The number of nitrogens with one attached hydrogen (secondary N) is 2. The van der Waals surface area contributed by atoms with Crippen molar-refractivity contribution in [1.29, 1.82) is 0 Å². The molecule has 21 heavy (non-hydrogen) atoms. The lowest BCUT2D eigenvalue weighted by Crippen LogP contribution is -2.30. The molecule has 1 aromatic rings. The van der Waals surface area contributed by atoms with Gasteiger partial charge in [0.25, 0.3) is 5.91 Å². The molecule has 112 valence electrons. The van der Waals surface area contributed by atoms with Crippen LogP contribution in [0.15, 0.2) is 24.3 Å². The van der Waals surface area contributed by atoms with Crippen molar-refractivity contribution in [2.75, 3.05) is 5.32 Å². The quantitative estimate of drug-likeness (QED) is 0.765. The highest BCUT2D eigenvalue weighted by atomic mass is 16.4. The molecule has 1 fully saturated rings. The van der Waals surface area contributed by atoms with Gasteiger partial charge in [0, 0.05) is 17.3 Å². The molecule has 2 rings (SSSR count). The Labute approximate surface area is 122 Å². The molecule has 6 heteroatoms. The van der Waals surface area contributed by atoms with E-state index in [9.17, 15) is 14.4 Å². The predicted octanol–water partition coefficient (Wildman–Crippen LogP) is 1.48. The molecule has 3 N–H and O–H groups in total. The summed E-state index contributed by atoms with van der Waals surface area (Å²) in [4.78, 5) is 34.3. The monoisotopic (exact) mass is 290 g/mol. The number of hydrogen-bond donors (Lipinski definition) is 3. The molecule has 0 heterocycles. The van der Waals surface area contributed by atoms with E-state index in [0.717, 1.165) is 0 Å². The number of aliphatic carboxylic acids is 1. The normalized spacial score (nSPS) is 20.0. The second-order valence-electron chi connectivity index (χ2n) is 5.48. The molecule has 0 aliphatic heterocycles. The summed E-state index contributed by atoms with van der Waals surface area (Å²) in [5.74, 6) is -2.42. The summed E-state index contributed by atoms with van der Waals surface area (Å²) in [6.45, 7) is 3.75. The molecule has 2 atom stereocenters. The third-order valence-corrected chi connectivity index (χ3v) is 3.28. The van der Waals surface area contributed by atoms with Crippen LogP contribution in [-0.4, -0.2) is 28.9 Å². The Morgan fingerprint density at radius 1 is 1.14 bits per heavy atom. The molecule has 1 saturated carbocycles. The van der Waals surface area contributed by atoms with Crippen LogP contribution in [0.3, 0.4) is 0 Å². The van der Waals surface area contributed by atoms with Gasteiger partial charge in [-0.05, 0) is 44.5 Å². The van der Waals surface area contributed by atoms with Crippen LogP contribution < -0.4 is 10.6 Å². The summed E-state index contributed by atoms with van der Waals surface area (Å²) in [6.07, 6.45) is 0.385. The Balaban J connectivity index is 1.92. The maximum atomic E-state index is 11.8. The van der Waals surface area contributed by atoms with E-state index in [4.69, 9.17) is 5.11 Å². The van der Waals surface area contributed by atoms with E-state index >= 15 is 0 Å². The van der Waals surface area contributed by atoms with E-state index in [2.05, 4.69) is 10.6 Å². The number of carboxylic acid groups (broad SMARTS) is 1. The van der Waals surface area contributed by atoms with Gasteiger partial charge >= 0.3 is 5.97 Å². The SMILES string of the molecule is CC(C)NC(=O)c1ccc(NC(=O)[C@@H]2C[C@@H]2C(=O)O)cc1. The minimum absolute atomic E-state index is 0.0553. The Morgan fingerprint density at radius 2 is 1.76 bits per heavy atom. The highest BCUT2D eigenvalue weighted by molar-refractivity contribution is 5.99. The zero-order valence-corrected chi connectivity index (χ0v) is 11.9. The molecule has 1 aromatic carbocycles. The highest BCUT2D eigenvalue weighted by Crippen LogP contribution is 2.39. The van der Waals surface area contributed by atoms with Crippen LogP contribution in [0.4, 0.5) is 5.69 Å². The van der Waals surface area contributed by atoms with Gasteiger partial charge < -0.3 is 15.7 Å². The Hall–Kier alpha value is -2.37. The summed E-state index contributed by atoms with van der Waals surface area (Å²) in [7, 11) is 0. The average Bonchev–Trinajstić information content (AvgIpc) is 3.19. The lowest BCUT2D eigenvalue weighted by Gasteiger charge is -2.09. The maximum Gasteiger partial charge on any atom is 0.307 e. The van der Waals surface area contributed by atoms with Gasteiger partial charge in [-0.25, -0.2) is 0 Å². The molecular weight excluding hydrogens is 272 g/mol. The minimum Gasteiger partial charge on any atom is -0.481 e. The predicted molar refractivity (Wildman–Crippen MR) is 76.9 cm³/mol. The van der Waals surface area contributed by atoms with Gasteiger partial charge in [0.15, 0.2) is 0 Å². The van der Waals surface area contributed by atoms with E-state index in [0.29, 0.717) is 17.7 Å². The van der Waals surface area contributed by atoms with E-state index in [1.807, 2.05) is 13.8 Å². The first kappa shape index (κ1) is 15.0. The van der Waals surface area contributed by atoms with Crippen LogP contribution in [0.5, 0.6) is 0 Å². The van der Waals surface area contributed by atoms with E-state index in [-0.39, 0.29) is 17.9 Å². The molecule has 0 radical (unpaired) electrons. The van der Waals surface area contributed by atoms with Crippen molar-refractivity contribution in [3.05, 3.63) is 29.8 Å². The first-order chi connectivity index (χ1) is 9.88. The standard InChI is InChI=1S/C15H18N2O4/c1-8(2)16-13(18)9-3-5-10(6-4-9)17-14(19)11-7-12(11)15(20)21/h3-6,8,11-12H,7H2,1-2H3,(H,16,18)(H,17,19)(H,20,21)/t11-,12+/m1/s1. The molecule has 0 aromatic heterocycles. The second-order valence-corrected chi connectivity index (χ2v) is 5.48. The van der Waals surface area contributed by atoms with E-state index < -0.39 is 17.8 Å². The van der Waals surface area contributed by atoms with Crippen molar-refractivity contribution in [1.82, 2.24) is 5.32 Å². The lowest BCUT2D eigenvalue weighted by atomic mass is 10.2. The maximum absolute atomic E-state index is 11.8. The van der Waals surface area contributed by atoms with Crippen LogP contribution in [0.1, 0.15) is 30.6 Å². The van der Waals surface area contributed by atoms with Crippen molar-refractivity contribution in [2.24, 2.45) is 11.8 Å². The first-order valence-electron chi connectivity index (χ1n) is 6.83. The topological polar surface area (TPSA) is 95.5 Å². The van der Waals surface area contributed by atoms with Gasteiger partial charge in [0.2, 0.25) is 5.91 Å². The van der Waals surface area contributed by atoms with Gasteiger partial charge in [-0.3, -0.25) is 14.4 Å². The molecule has 0 spiro atoms. The van der Waals surface area contributed by atoms with E-state index in [1.165, 1.54) is 0 Å². The molecule has 0 unspecified atom stereocenters. The highest BCUT2D eigenvalue weighted by Gasteiger charge is 2.48. The number of carbonyl (C=O) groups is 3. The smallest absolute Gasteiger partial charge is 0.307 e. The van der Waals surface area contributed by atoms with Gasteiger partial charge in [0.1, 0.15) is 0 Å². The molecule has 1 aliphatic rings. The molecule has 6 nitrogen and oxygen atoms in total. The molecule has 0 bridgehead atoms. The van der Waals surface area contributed by atoms with Gasteiger partial charge in [-0.2, -0.15) is 0 Å². The van der Waals surface area contributed by atoms with Gasteiger partial charge in [-0.1, -0.05) is 0 Å². The van der Waals surface area contributed by atoms with Gasteiger partial charge in [0.05, 0.1) is 11.8 Å². The lowest BCUT2D eigenvalue weighted by molar-refractivity contribution is -0.139. The van der Waals surface area contributed by atoms with Crippen LogP contribution in [0.2, 0.25) is 0 Å². The van der Waals surface area contributed by atoms with Crippen molar-refractivity contribution >= 4 is 23.5 Å². The van der Waals surface area contributed by atoms with Crippen LogP contribution in [0.25, 0.3) is 0 Å². The molecular formula is C15H18N2O4. The second kappa shape index (κ2) is 5.95. The molecule has 0 saturated heterocycles. The van der Waals surface area contributed by atoms with Crippen molar-refractivity contribution in [3.8, 4) is 0 Å². The Bertz CT molecular complexity index is 566. The minimum atomic E-state index is -0.934. The van der Waals surface area contributed by atoms with E-state index in [1.54, 1.807) is 24.3 Å². The van der Waals surface area contributed by atoms with Crippen LogP contribution in [-0.2, 0) is 9.59 Å². The summed E-state index contributed by atoms with van der Waals surface area (Å²) < 4.78 is 0. The largest absolute Gasteiger partial charge is 0.481 e. The fourth-order valence-corrected chi connectivity index (χ4v) is 2.04. The van der Waals surface area contributed by atoms with Crippen LogP contribution in [0, 0.1) is 11.8 Å². The summed E-state index contributed by atoms with van der Waals surface area (Å²) in [5, 5.41) is 14.2. The van der Waals surface area contributed by atoms with Crippen LogP contribution >= 0.6 is 0 Å². The van der Waals surface area contributed by atoms with Crippen molar-refractivity contribution in [2.45, 2.75) is 26.3 Å².